The number of nitrogens with zero attached hydrogens (tertiary/aromatic N) is 2. The second kappa shape index (κ2) is 7.41. The summed E-state index contributed by atoms with van der Waals surface area (Å²) in [4.78, 5) is 16.6. The number of piperidine rings is 1. The number of rotatable bonds is 4. The van der Waals surface area contributed by atoms with Gasteiger partial charge in [-0.2, -0.15) is 0 Å². The van der Waals surface area contributed by atoms with Gasteiger partial charge in [-0.25, -0.2) is 4.39 Å². The number of benzene rings is 1. The molecular formula is C18H25FN2O2. The number of carbonyl (C=O) groups is 1. The molecule has 2 saturated heterocycles. The third-order valence-corrected chi connectivity index (χ3v) is 5.04. The fraction of sp³-hybridized carbons (Fsp3) is 0.611. The van der Waals surface area contributed by atoms with Crippen LogP contribution in [0.1, 0.15) is 37.4 Å². The molecule has 0 bridgehead atoms. The molecule has 2 fully saturated rings. The van der Waals surface area contributed by atoms with Gasteiger partial charge in [-0.05, 0) is 56.5 Å². The van der Waals surface area contributed by atoms with Crippen LogP contribution in [0.15, 0.2) is 24.3 Å². The van der Waals surface area contributed by atoms with Gasteiger partial charge in [0.05, 0.1) is 6.10 Å². The number of halogens is 1. The van der Waals surface area contributed by atoms with Gasteiger partial charge in [-0.3, -0.25) is 4.79 Å². The lowest BCUT2D eigenvalue weighted by atomic mass is 9.95. The van der Waals surface area contributed by atoms with Gasteiger partial charge in [0.15, 0.2) is 0 Å². The Balaban J connectivity index is 1.47. The molecule has 4 nitrogen and oxygen atoms in total. The SMILES string of the molecule is O=C(C1CCN(CC(O)c2ccc(F)cc2)CC1)N1CCCC1. The zero-order chi connectivity index (χ0) is 16.2. The predicted octanol–water partition coefficient (Wildman–Crippen LogP) is 2.19. The van der Waals surface area contributed by atoms with Gasteiger partial charge in [0.1, 0.15) is 5.82 Å². The number of likely N-dealkylation sites (tertiary alicyclic amines) is 2. The zero-order valence-corrected chi connectivity index (χ0v) is 13.5. The summed E-state index contributed by atoms with van der Waals surface area (Å²) in [5.41, 5.74) is 0.738. The summed E-state index contributed by atoms with van der Waals surface area (Å²) in [7, 11) is 0. The van der Waals surface area contributed by atoms with Crippen LogP contribution in [0.5, 0.6) is 0 Å². The quantitative estimate of drug-likeness (QED) is 0.925. The first kappa shape index (κ1) is 16.4. The first-order chi connectivity index (χ1) is 11.1. The summed E-state index contributed by atoms with van der Waals surface area (Å²) >= 11 is 0. The topological polar surface area (TPSA) is 43.8 Å². The van der Waals surface area contributed by atoms with Crippen molar-refractivity contribution in [2.24, 2.45) is 5.92 Å². The number of aliphatic hydroxyl groups excluding tert-OH is 1. The Morgan fingerprint density at radius 1 is 1.13 bits per heavy atom. The summed E-state index contributed by atoms with van der Waals surface area (Å²) in [6.07, 6.45) is 3.39. The van der Waals surface area contributed by atoms with Gasteiger partial charge in [0.2, 0.25) is 5.91 Å². The van der Waals surface area contributed by atoms with Crippen LogP contribution in [-0.4, -0.2) is 53.5 Å². The van der Waals surface area contributed by atoms with Crippen LogP contribution in [0, 0.1) is 11.7 Å². The predicted molar refractivity (Wildman–Crippen MR) is 86.3 cm³/mol. The van der Waals surface area contributed by atoms with Crippen LogP contribution >= 0.6 is 0 Å². The smallest absolute Gasteiger partial charge is 0.225 e. The van der Waals surface area contributed by atoms with Crippen LogP contribution in [-0.2, 0) is 4.79 Å². The first-order valence-electron chi connectivity index (χ1n) is 8.58. The summed E-state index contributed by atoms with van der Waals surface area (Å²) < 4.78 is 12.9. The summed E-state index contributed by atoms with van der Waals surface area (Å²) in [6, 6.07) is 6.01. The van der Waals surface area contributed by atoms with E-state index in [9.17, 15) is 14.3 Å². The van der Waals surface area contributed by atoms with Gasteiger partial charge in [-0.1, -0.05) is 12.1 Å². The fourth-order valence-electron chi connectivity index (χ4n) is 3.59. The maximum absolute atomic E-state index is 12.9. The molecule has 1 N–H and O–H groups in total. The molecule has 0 saturated carbocycles. The Morgan fingerprint density at radius 2 is 1.74 bits per heavy atom. The Morgan fingerprint density at radius 3 is 2.35 bits per heavy atom. The fourth-order valence-corrected chi connectivity index (χ4v) is 3.59. The zero-order valence-electron chi connectivity index (χ0n) is 13.5. The van der Waals surface area contributed by atoms with E-state index < -0.39 is 6.10 Å². The third kappa shape index (κ3) is 4.09. The van der Waals surface area contributed by atoms with E-state index in [1.807, 2.05) is 4.90 Å². The molecule has 2 aliphatic heterocycles. The molecule has 3 rings (SSSR count). The number of hydrogen-bond acceptors (Lipinski definition) is 3. The first-order valence-corrected chi connectivity index (χ1v) is 8.58. The molecule has 2 aliphatic rings. The van der Waals surface area contributed by atoms with Crippen LogP contribution in [0.2, 0.25) is 0 Å². The van der Waals surface area contributed by atoms with Crippen LogP contribution in [0.25, 0.3) is 0 Å². The van der Waals surface area contributed by atoms with Crippen LogP contribution < -0.4 is 0 Å². The average molecular weight is 320 g/mol. The molecule has 1 aromatic carbocycles. The molecule has 0 aromatic heterocycles. The highest BCUT2D eigenvalue weighted by Crippen LogP contribution is 2.24. The van der Waals surface area contributed by atoms with Crippen molar-refractivity contribution in [3.8, 4) is 0 Å². The van der Waals surface area contributed by atoms with E-state index in [1.165, 1.54) is 12.1 Å². The van der Waals surface area contributed by atoms with Crippen molar-refractivity contribution in [1.82, 2.24) is 9.80 Å². The molecular weight excluding hydrogens is 295 g/mol. The van der Waals surface area contributed by atoms with Crippen molar-refractivity contribution in [2.45, 2.75) is 31.8 Å². The Labute approximate surface area is 136 Å². The van der Waals surface area contributed by atoms with Gasteiger partial charge in [0, 0.05) is 25.6 Å². The molecule has 1 atom stereocenters. The lowest BCUT2D eigenvalue weighted by Gasteiger charge is -2.34. The van der Waals surface area contributed by atoms with Crippen molar-refractivity contribution in [3.63, 3.8) is 0 Å². The van der Waals surface area contributed by atoms with E-state index in [1.54, 1.807) is 12.1 Å². The number of β-amino-alcohol motifs (C(OH)–C–C–N with tert-alkyl or cyclic N) is 1. The van der Waals surface area contributed by atoms with E-state index in [4.69, 9.17) is 0 Å². The maximum atomic E-state index is 12.9. The van der Waals surface area contributed by atoms with E-state index >= 15 is 0 Å². The minimum Gasteiger partial charge on any atom is -0.387 e. The minimum atomic E-state index is -0.610. The molecule has 0 aliphatic carbocycles. The molecule has 1 amide bonds. The molecule has 1 unspecified atom stereocenters. The molecule has 0 radical (unpaired) electrons. The summed E-state index contributed by atoms with van der Waals surface area (Å²) in [5.74, 6) is 0.177. The van der Waals surface area contributed by atoms with Crippen molar-refractivity contribution in [1.29, 1.82) is 0 Å². The molecule has 0 spiro atoms. The second-order valence-corrected chi connectivity index (χ2v) is 6.67. The maximum Gasteiger partial charge on any atom is 0.225 e. The normalized spacial score (nSPS) is 21.6. The Hall–Kier alpha value is -1.46. The van der Waals surface area contributed by atoms with E-state index in [0.29, 0.717) is 12.5 Å². The minimum absolute atomic E-state index is 0.146. The lowest BCUT2D eigenvalue weighted by molar-refractivity contribution is -0.136. The van der Waals surface area contributed by atoms with E-state index in [-0.39, 0.29) is 11.7 Å². The highest BCUT2D eigenvalue weighted by molar-refractivity contribution is 5.79. The largest absolute Gasteiger partial charge is 0.387 e. The van der Waals surface area contributed by atoms with Crippen molar-refractivity contribution in [2.75, 3.05) is 32.7 Å². The monoisotopic (exact) mass is 320 g/mol. The van der Waals surface area contributed by atoms with Crippen LogP contribution in [0.4, 0.5) is 4.39 Å². The Kier molecular flexibility index (Phi) is 5.28. The van der Waals surface area contributed by atoms with Gasteiger partial charge in [-0.15, -0.1) is 0 Å². The molecule has 5 heteroatoms. The Bertz CT molecular complexity index is 520. The van der Waals surface area contributed by atoms with Gasteiger partial charge >= 0.3 is 0 Å². The van der Waals surface area contributed by atoms with Gasteiger partial charge in [0.25, 0.3) is 0 Å². The third-order valence-electron chi connectivity index (χ3n) is 5.04. The number of carbonyl (C=O) groups excluding carboxylic acids is 1. The van der Waals surface area contributed by atoms with Crippen LogP contribution in [0.3, 0.4) is 0 Å². The molecule has 23 heavy (non-hydrogen) atoms. The second-order valence-electron chi connectivity index (χ2n) is 6.67. The lowest BCUT2D eigenvalue weighted by Crippen LogP contribution is -2.42. The molecule has 1 aromatic rings. The summed E-state index contributed by atoms with van der Waals surface area (Å²) in [5, 5.41) is 10.3. The van der Waals surface area contributed by atoms with Crippen molar-refractivity contribution < 1.29 is 14.3 Å². The van der Waals surface area contributed by atoms with E-state index in [0.717, 1.165) is 57.4 Å². The molecule has 2 heterocycles. The average Bonchev–Trinajstić information content (AvgIpc) is 3.10. The number of amides is 1. The molecule has 126 valence electrons. The highest BCUT2D eigenvalue weighted by atomic mass is 19.1. The van der Waals surface area contributed by atoms with Gasteiger partial charge < -0.3 is 14.9 Å². The number of hydrogen-bond donors (Lipinski definition) is 1. The van der Waals surface area contributed by atoms with E-state index in [2.05, 4.69) is 4.90 Å². The highest BCUT2D eigenvalue weighted by Gasteiger charge is 2.30. The number of aliphatic hydroxyl groups is 1. The van der Waals surface area contributed by atoms with Crippen molar-refractivity contribution >= 4 is 5.91 Å². The van der Waals surface area contributed by atoms with Crippen molar-refractivity contribution in [3.05, 3.63) is 35.6 Å². The summed E-state index contributed by atoms with van der Waals surface area (Å²) in [6.45, 7) is 4.05. The standard InChI is InChI=1S/C18H25FN2O2/c19-16-5-3-14(4-6-16)17(22)13-20-11-7-15(8-12-20)18(23)21-9-1-2-10-21/h3-6,15,17,22H,1-2,7-13H2.